The molecule has 0 spiro atoms. The molecular weight excluding hydrogens is 356 g/mol. The zero-order chi connectivity index (χ0) is 16.2. The van der Waals surface area contributed by atoms with Crippen molar-refractivity contribution in [2.75, 3.05) is 11.9 Å². The van der Waals surface area contributed by atoms with E-state index in [-0.39, 0.29) is 17.7 Å². The van der Waals surface area contributed by atoms with Crippen molar-refractivity contribution in [3.63, 3.8) is 0 Å². The lowest BCUT2D eigenvalue weighted by molar-refractivity contribution is -0.130. The van der Waals surface area contributed by atoms with Gasteiger partial charge in [-0.3, -0.25) is 9.59 Å². The molecule has 0 aromatic heterocycles. The molecule has 3 rings (SSSR count). The van der Waals surface area contributed by atoms with Crippen LogP contribution in [0.25, 0.3) is 0 Å². The summed E-state index contributed by atoms with van der Waals surface area (Å²) in [6.45, 7) is 0.575. The smallest absolute Gasteiger partial charge is 0.229 e. The number of amides is 2. The number of hydrogen-bond donors (Lipinski definition) is 1. The first-order valence-corrected chi connectivity index (χ1v) is 9.28. The van der Waals surface area contributed by atoms with E-state index in [0.717, 1.165) is 23.0 Å². The van der Waals surface area contributed by atoms with Crippen LogP contribution in [0.5, 0.6) is 0 Å². The highest BCUT2D eigenvalue weighted by Gasteiger charge is 2.37. The van der Waals surface area contributed by atoms with Gasteiger partial charge in [0.2, 0.25) is 11.8 Å². The summed E-state index contributed by atoms with van der Waals surface area (Å²) < 4.78 is 0.978. The van der Waals surface area contributed by atoms with Crippen LogP contribution in [-0.4, -0.2) is 29.3 Å². The summed E-state index contributed by atoms with van der Waals surface area (Å²) in [6, 6.07) is 7.86. The predicted octanol–water partition coefficient (Wildman–Crippen LogP) is 3.96. The van der Waals surface area contributed by atoms with Crippen molar-refractivity contribution in [1.29, 1.82) is 0 Å². The van der Waals surface area contributed by atoms with Gasteiger partial charge in [0.15, 0.2) is 0 Å². The summed E-state index contributed by atoms with van der Waals surface area (Å²) in [6.07, 6.45) is 7.46. The molecule has 1 atom stereocenters. The van der Waals surface area contributed by atoms with E-state index in [9.17, 15) is 9.59 Å². The first-order chi connectivity index (χ1) is 11.1. The number of hydrogen-bond acceptors (Lipinski definition) is 2. The van der Waals surface area contributed by atoms with Crippen LogP contribution in [0.4, 0.5) is 5.69 Å². The SMILES string of the molecule is O=C(Nc1ccc(Br)cc1)C1CC(=O)N(C2CCCCCC2)C1. The number of nitrogens with zero attached hydrogens (tertiary/aromatic N) is 1. The third-order valence-corrected chi connectivity index (χ3v) is 5.44. The Balaban J connectivity index is 1.59. The minimum Gasteiger partial charge on any atom is -0.339 e. The zero-order valence-electron chi connectivity index (χ0n) is 13.3. The van der Waals surface area contributed by atoms with Crippen LogP contribution >= 0.6 is 15.9 Å². The summed E-state index contributed by atoms with van der Waals surface area (Å²) in [4.78, 5) is 26.7. The molecule has 1 saturated carbocycles. The van der Waals surface area contributed by atoms with E-state index in [1.54, 1.807) is 0 Å². The Morgan fingerprint density at radius 3 is 2.39 bits per heavy atom. The summed E-state index contributed by atoms with van der Waals surface area (Å²) >= 11 is 3.38. The minimum atomic E-state index is -0.227. The number of halogens is 1. The largest absolute Gasteiger partial charge is 0.339 e. The average molecular weight is 379 g/mol. The quantitative estimate of drug-likeness (QED) is 0.809. The van der Waals surface area contributed by atoms with Crippen molar-refractivity contribution in [2.45, 2.75) is 51.0 Å². The summed E-state index contributed by atoms with van der Waals surface area (Å²) in [5, 5.41) is 2.93. The van der Waals surface area contributed by atoms with Gasteiger partial charge < -0.3 is 10.2 Å². The van der Waals surface area contributed by atoms with Crippen LogP contribution in [-0.2, 0) is 9.59 Å². The topological polar surface area (TPSA) is 49.4 Å². The van der Waals surface area contributed by atoms with Crippen LogP contribution < -0.4 is 5.32 Å². The van der Waals surface area contributed by atoms with Crippen LogP contribution in [0.15, 0.2) is 28.7 Å². The van der Waals surface area contributed by atoms with Gasteiger partial charge in [-0.1, -0.05) is 41.6 Å². The highest BCUT2D eigenvalue weighted by atomic mass is 79.9. The van der Waals surface area contributed by atoms with E-state index in [1.807, 2.05) is 29.2 Å². The van der Waals surface area contributed by atoms with Gasteiger partial charge in [-0.05, 0) is 37.1 Å². The molecular formula is C18H23BrN2O2. The fourth-order valence-electron chi connectivity index (χ4n) is 3.61. The second-order valence-electron chi connectivity index (χ2n) is 6.59. The van der Waals surface area contributed by atoms with Gasteiger partial charge in [-0.25, -0.2) is 0 Å². The molecule has 1 heterocycles. The number of benzene rings is 1. The monoisotopic (exact) mass is 378 g/mol. The molecule has 0 bridgehead atoms. The second kappa shape index (κ2) is 7.47. The molecule has 5 heteroatoms. The fraction of sp³-hybridized carbons (Fsp3) is 0.556. The number of carbonyl (C=O) groups is 2. The van der Waals surface area contributed by atoms with Crippen LogP contribution in [0.2, 0.25) is 0 Å². The molecule has 2 fully saturated rings. The molecule has 4 nitrogen and oxygen atoms in total. The Morgan fingerprint density at radius 1 is 1.09 bits per heavy atom. The number of anilines is 1. The molecule has 1 aromatic carbocycles. The number of nitrogens with one attached hydrogen (secondary N) is 1. The zero-order valence-corrected chi connectivity index (χ0v) is 14.8. The Kier molecular flexibility index (Phi) is 5.36. The lowest BCUT2D eigenvalue weighted by Gasteiger charge is -2.27. The Morgan fingerprint density at radius 2 is 1.74 bits per heavy atom. The standard InChI is InChI=1S/C18H23BrN2O2/c19-14-7-9-15(10-8-14)20-18(23)13-11-17(22)21(12-13)16-5-3-1-2-4-6-16/h7-10,13,16H,1-6,11-12H2,(H,20,23). The van der Waals surface area contributed by atoms with Crippen molar-refractivity contribution >= 4 is 33.4 Å². The minimum absolute atomic E-state index is 0.0446. The molecule has 2 amide bonds. The van der Waals surface area contributed by atoms with Gasteiger partial charge in [0.1, 0.15) is 0 Å². The molecule has 1 aliphatic carbocycles. The van der Waals surface area contributed by atoms with Crippen molar-refractivity contribution in [3.05, 3.63) is 28.7 Å². The molecule has 0 radical (unpaired) electrons. The first kappa shape index (κ1) is 16.5. The van der Waals surface area contributed by atoms with Gasteiger partial charge >= 0.3 is 0 Å². The van der Waals surface area contributed by atoms with Crippen LogP contribution in [0, 0.1) is 5.92 Å². The Bertz CT molecular complexity index is 565. The molecule has 1 N–H and O–H groups in total. The lowest BCUT2D eigenvalue weighted by atomic mass is 10.1. The third-order valence-electron chi connectivity index (χ3n) is 4.91. The van der Waals surface area contributed by atoms with Crippen LogP contribution in [0.1, 0.15) is 44.9 Å². The van der Waals surface area contributed by atoms with E-state index in [2.05, 4.69) is 21.2 Å². The van der Waals surface area contributed by atoms with E-state index in [0.29, 0.717) is 19.0 Å². The normalized spacial score (nSPS) is 22.9. The maximum absolute atomic E-state index is 12.4. The van der Waals surface area contributed by atoms with Crippen molar-refractivity contribution in [2.24, 2.45) is 5.92 Å². The molecule has 2 aliphatic rings. The molecule has 1 aromatic rings. The average Bonchev–Trinajstić information content (AvgIpc) is 2.75. The third kappa shape index (κ3) is 4.14. The first-order valence-electron chi connectivity index (χ1n) is 8.49. The van der Waals surface area contributed by atoms with Crippen molar-refractivity contribution in [3.8, 4) is 0 Å². The lowest BCUT2D eigenvalue weighted by Crippen LogP contribution is -2.37. The Labute approximate surface area is 145 Å². The highest BCUT2D eigenvalue weighted by molar-refractivity contribution is 9.10. The maximum atomic E-state index is 12.4. The molecule has 1 unspecified atom stereocenters. The van der Waals surface area contributed by atoms with Crippen LogP contribution in [0.3, 0.4) is 0 Å². The van der Waals surface area contributed by atoms with Gasteiger partial charge in [-0.15, -0.1) is 0 Å². The molecule has 1 aliphatic heterocycles. The Hall–Kier alpha value is -1.36. The van der Waals surface area contributed by atoms with Gasteiger partial charge in [0, 0.05) is 29.2 Å². The summed E-state index contributed by atoms with van der Waals surface area (Å²) in [5.41, 5.74) is 0.776. The van der Waals surface area contributed by atoms with E-state index in [4.69, 9.17) is 0 Å². The molecule has 1 saturated heterocycles. The van der Waals surface area contributed by atoms with Gasteiger partial charge in [0.25, 0.3) is 0 Å². The number of carbonyl (C=O) groups excluding carboxylic acids is 2. The number of rotatable bonds is 3. The maximum Gasteiger partial charge on any atom is 0.229 e. The van der Waals surface area contributed by atoms with Crippen molar-refractivity contribution in [1.82, 2.24) is 4.90 Å². The second-order valence-corrected chi connectivity index (χ2v) is 7.50. The van der Waals surface area contributed by atoms with Gasteiger partial charge in [-0.2, -0.15) is 0 Å². The summed E-state index contributed by atoms with van der Waals surface area (Å²) in [7, 11) is 0. The summed E-state index contributed by atoms with van der Waals surface area (Å²) in [5.74, 6) is -0.126. The highest BCUT2D eigenvalue weighted by Crippen LogP contribution is 2.28. The molecule has 23 heavy (non-hydrogen) atoms. The van der Waals surface area contributed by atoms with E-state index < -0.39 is 0 Å². The fourth-order valence-corrected chi connectivity index (χ4v) is 3.87. The predicted molar refractivity (Wildman–Crippen MR) is 94.1 cm³/mol. The number of likely N-dealkylation sites (tertiary alicyclic amines) is 1. The molecule has 124 valence electrons. The van der Waals surface area contributed by atoms with Gasteiger partial charge in [0.05, 0.1) is 5.92 Å². The van der Waals surface area contributed by atoms with Crippen molar-refractivity contribution < 1.29 is 9.59 Å². The van der Waals surface area contributed by atoms with E-state index in [1.165, 1.54) is 25.7 Å². The van der Waals surface area contributed by atoms with E-state index >= 15 is 0 Å².